The van der Waals surface area contributed by atoms with E-state index in [1.54, 1.807) is 43.0 Å². The fraction of sp³-hybridized carbons (Fsp3) is 0.167. The smallest absolute Gasteiger partial charge is 0.227 e. The van der Waals surface area contributed by atoms with Gasteiger partial charge >= 0.3 is 0 Å². The van der Waals surface area contributed by atoms with Crippen molar-refractivity contribution in [3.63, 3.8) is 0 Å². The maximum atomic E-state index is 12.2. The molecule has 0 unspecified atom stereocenters. The first-order valence-electron chi connectivity index (χ1n) is 10.8. The molecule has 0 aliphatic heterocycles. The summed E-state index contributed by atoms with van der Waals surface area (Å²) in [5, 5.41) is 8.70. The second-order valence-electron chi connectivity index (χ2n) is 7.49. The molecule has 0 fully saturated rings. The Balaban J connectivity index is 1.39. The lowest BCUT2D eigenvalue weighted by molar-refractivity contribution is -0.119. The van der Waals surface area contributed by atoms with E-state index in [2.05, 4.69) is 40.9 Å². The van der Waals surface area contributed by atoms with Gasteiger partial charge in [-0.1, -0.05) is 6.07 Å². The molecular formula is C24H24N8O2. The lowest BCUT2D eigenvalue weighted by Crippen LogP contribution is -2.22. The van der Waals surface area contributed by atoms with Gasteiger partial charge < -0.3 is 20.9 Å². The van der Waals surface area contributed by atoms with Crippen LogP contribution < -0.4 is 16.0 Å². The van der Waals surface area contributed by atoms with Gasteiger partial charge in [0.2, 0.25) is 17.8 Å². The number of aromatic nitrogens is 5. The number of amides is 2. The zero-order valence-electron chi connectivity index (χ0n) is 18.6. The van der Waals surface area contributed by atoms with E-state index in [0.29, 0.717) is 42.5 Å². The Morgan fingerprint density at radius 1 is 1.00 bits per heavy atom. The van der Waals surface area contributed by atoms with E-state index in [9.17, 15) is 9.59 Å². The monoisotopic (exact) mass is 456 g/mol. The van der Waals surface area contributed by atoms with Gasteiger partial charge in [0.1, 0.15) is 5.82 Å². The number of carbonyl (C=O) groups excluding carboxylic acids is 2. The van der Waals surface area contributed by atoms with Crippen LogP contribution in [0.1, 0.15) is 19.8 Å². The fourth-order valence-corrected chi connectivity index (χ4v) is 3.21. The van der Waals surface area contributed by atoms with Gasteiger partial charge in [0.05, 0.1) is 17.6 Å². The summed E-state index contributed by atoms with van der Waals surface area (Å²) in [5.74, 6) is 0.891. The fourth-order valence-electron chi connectivity index (χ4n) is 3.21. The molecule has 0 atom stereocenters. The first-order valence-corrected chi connectivity index (χ1v) is 10.8. The minimum atomic E-state index is -0.121. The maximum absolute atomic E-state index is 12.2. The summed E-state index contributed by atoms with van der Waals surface area (Å²) in [6, 6.07) is 12.9. The highest BCUT2D eigenvalue weighted by Gasteiger charge is 2.09. The number of benzene rings is 1. The lowest BCUT2D eigenvalue weighted by atomic mass is 10.2. The van der Waals surface area contributed by atoms with Crippen molar-refractivity contribution in [3.05, 3.63) is 67.3 Å². The van der Waals surface area contributed by atoms with Gasteiger partial charge in [0.15, 0.2) is 0 Å². The number of hydrogen-bond donors (Lipinski definition) is 4. The Labute approximate surface area is 196 Å². The highest BCUT2D eigenvalue weighted by atomic mass is 16.2. The Kier molecular flexibility index (Phi) is 7.19. The molecule has 0 saturated carbocycles. The maximum Gasteiger partial charge on any atom is 0.227 e. The molecular weight excluding hydrogens is 432 g/mol. The Hall–Kier alpha value is -4.60. The number of hydrogen-bond acceptors (Lipinski definition) is 7. The van der Waals surface area contributed by atoms with Crippen LogP contribution in [0.3, 0.4) is 0 Å². The third kappa shape index (κ3) is 6.22. The molecule has 0 spiro atoms. The number of anilines is 3. The summed E-state index contributed by atoms with van der Waals surface area (Å²) in [4.78, 5) is 43.7. The molecule has 3 heterocycles. The van der Waals surface area contributed by atoms with Gasteiger partial charge in [-0.25, -0.2) is 15.0 Å². The zero-order chi connectivity index (χ0) is 23.8. The van der Waals surface area contributed by atoms with Crippen molar-refractivity contribution >= 4 is 29.1 Å². The van der Waals surface area contributed by atoms with E-state index >= 15 is 0 Å². The van der Waals surface area contributed by atoms with Crippen LogP contribution in [0.2, 0.25) is 0 Å². The molecule has 172 valence electrons. The van der Waals surface area contributed by atoms with Crippen molar-refractivity contribution in [2.24, 2.45) is 0 Å². The van der Waals surface area contributed by atoms with Crippen LogP contribution in [0.5, 0.6) is 0 Å². The third-order valence-electron chi connectivity index (χ3n) is 4.80. The number of imidazole rings is 1. The lowest BCUT2D eigenvalue weighted by Gasteiger charge is -2.09. The Morgan fingerprint density at radius 3 is 2.71 bits per heavy atom. The van der Waals surface area contributed by atoms with Gasteiger partial charge in [0.25, 0.3) is 0 Å². The van der Waals surface area contributed by atoms with Crippen molar-refractivity contribution in [2.75, 3.05) is 17.2 Å². The van der Waals surface area contributed by atoms with Crippen molar-refractivity contribution < 1.29 is 9.59 Å². The molecule has 0 aliphatic rings. The average molecular weight is 457 g/mol. The number of nitrogens with zero attached hydrogens (tertiary/aromatic N) is 4. The molecule has 0 radical (unpaired) electrons. The first-order chi connectivity index (χ1) is 16.6. The van der Waals surface area contributed by atoms with Crippen LogP contribution in [0.25, 0.3) is 22.8 Å². The number of carbonyl (C=O) groups is 2. The van der Waals surface area contributed by atoms with E-state index in [1.165, 1.54) is 6.92 Å². The van der Waals surface area contributed by atoms with Crippen LogP contribution >= 0.6 is 0 Å². The summed E-state index contributed by atoms with van der Waals surface area (Å²) in [6.45, 7) is 1.92. The standard InChI is InChI=1S/C24H24N8O2/c1-16(33)26-11-4-8-22(34)29-18-6-2-7-19(13-18)30-24-27-12-9-20(32-24)21-15-28-23(31-21)17-5-3-10-25-14-17/h2-3,5-7,9-10,12-15H,4,8,11H2,1H3,(H,26,33)(H,28,31)(H,29,34)(H,27,30,32). The molecule has 1 aromatic carbocycles. The first kappa shape index (κ1) is 22.6. The molecule has 0 aliphatic carbocycles. The SMILES string of the molecule is CC(=O)NCCCC(=O)Nc1cccc(Nc2nccc(-c3cnc(-c4cccnc4)[nH]3)n2)c1. The number of aromatic amines is 1. The zero-order valence-corrected chi connectivity index (χ0v) is 18.6. The summed E-state index contributed by atoms with van der Waals surface area (Å²) < 4.78 is 0. The van der Waals surface area contributed by atoms with Gasteiger partial charge in [-0.2, -0.15) is 0 Å². The summed E-state index contributed by atoms with van der Waals surface area (Å²) in [7, 11) is 0. The van der Waals surface area contributed by atoms with Crippen molar-refractivity contribution in [1.82, 2.24) is 30.2 Å². The molecule has 0 saturated heterocycles. The summed E-state index contributed by atoms with van der Waals surface area (Å²) in [6.07, 6.45) is 7.72. The molecule has 4 N–H and O–H groups in total. The second-order valence-corrected chi connectivity index (χ2v) is 7.49. The quantitative estimate of drug-likeness (QED) is 0.283. The summed E-state index contributed by atoms with van der Waals surface area (Å²) in [5.41, 5.74) is 3.71. The largest absolute Gasteiger partial charge is 0.356 e. The number of H-pyrrole nitrogens is 1. The Bertz CT molecular complexity index is 1270. The van der Waals surface area contributed by atoms with Gasteiger partial charge in [0, 0.05) is 55.4 Å². The number of rotatable bonds is 9. The molecule has 10 heteroatoms. The predicted molar refractivity (Wildman–Crippen MR) is 129 cm³/mol. The molecule has 0 bridgehead atoms. The van der Waals surface area contributed by atoms with Crippen molar-refractivity contribution in [1.29, 1.82) is 0 Å². The van der Waals surface area contributed by atoms with Crippen LogP contribution in [0, 0.1) is 0 Å². The van der Waals surface area contributed by atoms with Crippen LogP contribution in [-0.2, 0) is 9.59 Å². The van der Waals surface area contributed by atoms with Crippen molar-refractivity contribution in [3.8, 4) is 22.8 Å². The normalized spacial score (nSPS) is 10.5. The molecule has 4 rings (SSSR count). The summed E-state index contributed by atoms with van der Waals surface area (Å²) >= 11 is 0. The van der Waals surface area contributed by atoms with Gasteiger partial charge in [-0.15, -0.1) is 0 Å². The molecule has 3 aromatic heterocycles. The molecule has 4 aromatic rings. The third-order valence-corrected chi connectivity index (χ3v) is 4.80. The average Bonchev–Trinajstić information content (AvgIpc) is 3.33. The predicted octanol–water partition coefficient (Wildman–Crippen LogP) is 3.53. The molecule has 2 amide bonds. The van der Waals surface area contributed by atoms with Crippen LogP contribution in [0.15, 0.2) is 67.3 Å². The van der Waals surface area contributed by atoms with E-state index in [4.69, 9.17) is 0 Å². The molecule has 10 nitrogen and oxygen atoms in total. The van der Waals surface area contributed by atoms with E-state index < -0.39 is 0 Å². The molecule has 34 heavy (non-hydrogen) atoms. The number of pyridine rings is 1. The highest BCUT2D eigenvalue weighted by Crippen LogP contribution is 2.22. The van der Waals surface area contributed by atoms with E-state index in [1.807, 2.05) is 24.3 Å². The van der Waals surface area contributed by atoms with Crippen molar-refractivity contribution in [2.45, 2.75) is 19.8 Å². The van der Waals surface area contributed by atoms with Gasteiger partial charge in [-0.05, 0) is 42.8 Å². The topological polar surface area (TPSA) is 138 Å². The highest BCUT2D eigenvalue weighted by molar-refractivity contribution is 5.91. The minimum absolute atomic E-state index is 0.105. The van der Waals surface area contributed by atoms with E-state index in [0.717, 1.165) is 16.9 Å². The van der Waals surface area contributed by atoms with Gasteiger partial charge in [-0.3, -0.25) is 14.6 Å². The van der Waals surface area contributed by atoms with E-state index in [-0.39, 0.29) is 11.8 Å². The minimum Gasteiger partial charge on any atom is -0.356 e. The van der Waals surface area contributed by atoms with Crippen LogP contribution in [-0.4, -0.2) is 43.3 Å². The number of nitrogens with one attached hydrogen (secondary N) is 4. The van der Waals surface area contributed by atoms with Crippen LogP contribution in [0.4, 0.5) is 17.3 Å². The Morgan fingerprint density at radius 2 is 1.88 bits per heavy atom. The second kappa shape index (κ2) is 10.8.